The maximum atomic E-state index is 5.22. The van der Waals surface area contributed by atoms with Crippen LogP contribution in [0.15, 0.2) is 12.3 Å². The van der Waals surface area contributed by atoms with E-state index in [2.05, 4.69) is 16.0 Å². The lowest BCUT2D eigenvalue weighted by Gasteiger charge is -2.33. The number of pyridine rings is 1. The van der Waals surface area contributed by atoms with Crippen LogP contribution >= 0.6 is 0 Å². The predicted octanol–water partition coefficient (Wildman–Crippen LogP) is 1.61. The number of hydrogen-bond donors (Lipinski definition) is 0. The average molecular weight is 178 g/mol. The number of aromatic nitrogens is 1. The molecule has 0 radical (unpaired) electrons. The molecule has 0 aliphatic carbocycles. The lowest BCUT2D eigenvalue weighted by molar-refractivity contribution is 0.409. The highest BCUT2D eigenvalue weighted by Gasteiger charge is 2.15. The summed E-state index contributed by atoms with van der Waals surface area (Å²) in [5, 5.41) is 0. The zero-order chi connectivity index (χ0) is 9.26. The van der Waals surface area contributed by atoms with Gasteiger partial charge in [0.2, 0.25) is 0 Å². The lowest BCUT2D eigenvalue weighted by atomic mass is 10.2. The van der Waals surface area contributed by atoms with Crippen LogP contribution in [-0.4, -0.2) is 25.2 Å². The molecule has 1 aliphatic rings. The molecule has 1 fully saturated rings. The molecule has 0 saturated carbocycles. The Hall–Kier alpha value is -1.25. The quantitative estimate of drug-likeness (QED) is 0.688. The molecule has 0 amide bonds. The van der Waals surface area contributed by atoms with Crippen molar-refractivity contribution in [2.75, 3.05) is 25.1 Å². The predicted molar refractivity (Wildman–Crippen MR) is 52.4 cm³/mol. The third kappa shape index (κ3) is 1.46. The molecule has 0 spiro atoms. The minimum absolute atomic E-state index is 0.879. The van der Waals surface area contributed by atoms with Crippen molar-refractivity contribution in [3.8, 4) is 5.75 Å². The van der Waals surface area contributed by atoms with Gasteiger partial charge in [-0.3, -0.25) is 4.98 Å². The molecule has 3 heteroatoms. The highest BCUT2D eigenvalue weighted by atomic mass is 16.5. The smallest absolute Gasteiger partial charge is 0.142 e. The second-order valence-corrected chi connectivity index (χ2v) is 3.32. The topological polar surface area (TPSA) is 25.4 Å². The van der Waals surface area contributed by atoms with Crippen LogP contribution in [0.25, 0.3) is 0 Å². The summed E-state index contributed by atoms with van der Waals surface area (Å²) in [6, 6.07) is 2.06. The zero-order valence-electron chi connectivity index (χ0n) is 8.08. The minimum atomic E-state index is 0.879. The fourth-order valence-corrected chi connectivity index (χ4v) is 1.46. The van der Waals surface area contributed by atoms with E-state index < -0.39 is 0 Å². The van der Waals surface area contributed by atoms with Gasteiger partial charge in [0.05, 0.1) is 24.7 Å². The van der Waals surface area contributed by atoms with Crippen molar-refractivity contribution in [2.24, 2.45) is 0 Å². The molecule has 0 atom stereocenters. The number of ether oxygens (including phenoxy) is 1. The van der Waals surface area contributed by atoms with Crippen molar-refractivity contribution in [1.82, 2.24) is 4.98 Å². The second-order valence-electron chi connectivity index (χ2n) is 3.32. The number of anilines is 1. The molecule has 1 aromatic rings. The molecule has 2 rings (SSSR count). The van der Waals surface area contributed by atoms with Crippen molar-refractivity contribution in [1.29, 1.82) is 0 Å². The van der Waals surface area contributed by atoms with Gasteiger partial charge in [-0.15, -0.1) is 0 Å². The Morgan fingerprint density at radius 3 is 2.77 bits per heavy atom. The Balaban J connectivity index is 2.26. The highest BCUT2D eigenvalue weighted by molar-refractivity contribution is 5.51. The first kappa shape index (κ1) is 8.35. The first-order valence-electron chi connectivity index (χ1n) is 4.57. The van der Waals surface area contributed by atoms with Gasteiger partial charge in [0.1, 0.15) is 5.75 Å². The molecule has 0 aromatic carbocycles. The summed E-state index contributed by atoms with van der Waals surface area (Å²) in [7, 11) is 1.68. The monoisotopic (exact) mass is 178 g/mol. The van der Waals surface area contributed by atoms with Crippen molar-refractivity contribution in [3.05, 3.63) is 18.0 Å². The Labute approximate surface area is 78.3 Å². The van der Waals surface area contributed by atoms with E-state index in [1.165, 1.54) is 12.1 Å². The number of rotatable bonds is 2. The van der Waals surface area contributed by atoms with Crippen LogP contribution in [0.4, 0.5) is 5.69 Å². The average Bonchev–Trinajstić information content (AvgIpc) is 2.05. The van der Waals surface area contributed by atoms with E-state index in [-0.39, 0.29) is 0 Å². The molecule has 3 nitrogen and oxygen atoms in total. The molecule has 0 bridgehead atoms. The van der Waals surface area contributed by atoms with E-state index in [1.54, 1.807) is 7.11 Å². The Kier molecular flexibility index (Phi) is 2.08. The minimum Gasteiger partial charge on any atom is -0.495 e. The highest BCUT2D eigenvalue weighted by Crippen LogP contribution is 2.25. The fraction of sp³-hybridized carbons (Fsp3) is 0.500. The number of hydrogen-bond acceptors (Lipinski definition) is 3. The summed E-state index contributed by atoms with van der Waals surface area (Å²) in [6.45, 7) is 4.25. The third-order valence-electron chi connectivity index (χ3n) is 2.47. The fourth-order valence-electron chi connectivity index (χ4n) is 1.46. The van der Waals surface area contributed by atoms with Crippen molar-refractivity contribution >= 4 is 5.69 Å². The number of nitrogens with zero attached hydrogens (tertiary/aromatic N) is 2. The summed E-state index contributed by atoms with van der Waals surface area (Å²) < 4.78 is 5.22. The van der Waals surface area contributed by atoms with Crippen LogP contribution in [0.3, 0.4) is 0 Å². The second kappa shape index (κ2) is 3.24. The maximum absolute atomic E-state index is 5.22. The largest absolute Gasteiger partial charge is 0.495 e. The first-order valence-corrected chi connectivity index (χ1v) is 4.57. The van der Waals surface area contributed by atoms with Crippen LogP contribution < -0.4 is 9.64 Å². The summed E-state index contributed by atoms with van der Waals surface area (Å²) in [4.78, 5) is 6.59. The van der Waals surface area contributed by atoms with Gasteiger partial charge in [-0.25, -0.2) is 0 Å². The zero-order valence-corrected chi connectivity index (χ0v) is 8.08. The van der Waals surface area contributed by atoms with Crippen LogP contribution in [0.1, 0.15) is 12.1 Å². The third-order valence-corrected chi connectivity index (χ3v) is 2.47. The molecule has 0 unspecified atom stereocenters. The van der Waals surface area contributed by atoms with Crippen molar-refractivity contribution in [3.63, 3.8) is 0 Å². The van der Waals surface area contributed by atoms with Gasteiger partial charge >= 0.3 is 0 Å². The summed E-state index contributed by atoms with van der Waals surface area (Å²) in [5.74, 6) is 0.879. The molecule has 1 saturated heterocycles. The van der Waals surface area contributed by atoms with E-state index >= 15 is 0 Å². The summed E-state index contributed by atoms with van der Waals surface area (Å²) >= 11 is 0. The van der Waals surface area contributed by atoms with Gasteiger partial charge in [-0.05, 0) is 13.3 Å². The van der Waals surface area contributed by atoms with Gasteiger partial charge in [0, 0.05) is 19.2 Å². The first-order chi connectivity index (χ1) is 6.31. The van der Waals surface area contributed by atoms with Gasteiger partial charge in [-0.2, -0.15) is 0 Å². The van der Waals surface area contributed by atoms with Crippen molar-refractivity contribution < 1.29 is 4.74 Å². The van der Waals surface area contributed by atoms with E-state index in [4.69, 9.17) is 4.74 Å². The van der Waals surface area contributed by atoms with Crippen LogP contribution in [0.5, 0.6) is 5.75 Å². The summed E-state index contributed by atoms with van der Waals surface area (Å²) in [6.07, 6.45) is 3.20. The normalized spacial score (nSPS) is 15.4. The molecule has 70 valence electrons. The van der Waals surface area contributed by atoms with Gasteiger partial charge in [0.15, 0.2) is 0 Å². The van der Waals surface area contributed by atoms with Crippen molar-refractivity contribution in [2.45, 2.75) is 13.3 Å². The summed E-state index contributed by atoms with van der Waals surface area (Å²) in [5.41, 5.74) is 2.13. The number of aryl methyl sites for hydroxylation is 1. The lowest BCUT2D eigenvalue weighted by Crippen LogP contribution is -2.37. The maximum Gasteiger partial charge on any atom is 0.142 e. The molecule has 0 N–H and O–H groups in total. The van der Waals surface area contributed by atoms with Gasteiger partial charge in [0.25, 0.3) is 0 Å². The Bertz CT molecular complexity index is 308. The molecule has 1 aromatic heterocycles. The standard InChI is InChI=1S/C10H14N2O/c1-8-10(13-2)6-9(7-11-8)12-4-3-5-12/h6-7H,3-5H2,1-2H3. The molecule has 2 heterocycles. The van der Waals surface area contributed by atoms with E-state index in [1.807, 2.05) is 13.1 Å². The SMILES string of the molecule is COc1cc(N2CCC2)cnc1C. The molecular weight excluding hydrogens is 164 g/mol. The molecule has 1 aliphatic heterocycles. The molecule has 13 heavy (non-hydrogen) atoms. The van der Waals surface area contributed by atoms with Gasteiger partial charge < -0.3 is 9.64 Å². The van der Waals surface area contributed by atoms with Crippen LogP contribution in [0, 0.1) is 6.92 Å². The van der Waals surface area contributed by atoms with Crippen LogP contribution in [-0.2, 0) is 0 Å². The Morgan fingerprint density at radius 1 is 1.46 bits per heavy atom. The Morgan fingerprint density at radius 2 is 2.23 bits per heavy atom. The van der Waals surface area contributed by atoms with E-state index in [0.29, 0.717) is 0 Å². The van der Waals surface area contributed by atoms with Gasteiger partial charge in [-0.1, -0.05) is 0 Å². The number of methoxy groups -OCH3 is 1. The van der Waals surface area contributed by atoms with E-state index in [0.717, 1.165) is 24.5 Å². The van der Waals surface area contributed by atoms with E-state index in [9.17, 15) is 0 Å². The van der Waals surface area contributed by atoms with Crippen LogP contribution in [0.2, 0.25) is 0 Å². The molecular formula is C10H14N2O.